The molecule has 422 valence electrons. The molecule has 11 rings (SSSR count). The van der Waals surface area contributed by atoms with Crippen LogP contribution in [0.2, 0.25) is 0 Å². The predicted octanol–water partition coefficient (Wildman–Crippen LogP) is 25.8. The van der Waals surface area contributed by atoms with Gasteiger partial charge in [-0.1, -0.05) is 386 Å². The Bertz CT molecular complexity index is 2770. The Kier molecular flexibility index (Phi) is 50.3. The first-order valence-electron chi connectivity index (χ1n) is 29.5. The van der Waals surface area contributed by atoms with Gasteiger partial charge in [-0.2, -0.15) is 0 Å². The highest BCUT2D eigenvalue weighted by Gasteiger charge is 1.94. The van der Waals surface area contributed by atoms with E-state index in [2.05, 4.69) is 255 Å². The van der Waals surface area contributed by atoms with Crippen molar-refractivity contribution in [2.45, 2.75) is 145 Å². The smallest absolute Gasteiger partial charge is 0.0155 e. The molecular formula is C79H106. The van der Waals surface area contributed by atoms with Crippen LogP contribution in [0.3, 0.4) is 0 Å². The van der Waals surface area contributed by atoms with E-state index >= 15 is 0 Å². The molecule has 0 heteroatoms. The fourth-order valence-electron chi connectivity index (χ4n) is 7.00. The highest BCUT2D eigenvalue weighted by molar-refractivity contribution is 5.86. The van der Waals surface area contributed by atoms with Crippen molar-refractivity contribution in [1.29, 1.82) is 0 Å². The van der Waals surface area contributed by atoms with Crippen molar-refractivity contribution >= 4 is 43.1 Å². The summed E-state index contributed by atoms with van der Waals surface area (Å²) in [6, 6.07) is 90.3. The van der Waals surface area contributed by atoms with Gasteiger partial charge in [-0.15, -0.1) is 0 Å². The fraction of sp³-hybridized carbons (Fsp3) is 0.266. The molecule has 0 aliphatic carbocycles. The van der Waals surface area contributed by atoms with Crippen LogP contribution in [0.4, 0.5) is 0 Å². The molecule has 0 spiro atoms. The van der Waals surface area contributed by atoms with Crippen molar-refractivity contribution in [3.63, 3.8) is 0 Å². The zero-order valence-electron chi connectivity index (χ0n) is 53.3. The topological polar surface area (TPSA) is 0 Å². The molecule has 0 amide bonds. The van der Waals surface area contributed by atoms with E-state index in [0.717, 1.165) is 0 Å². The lowest BCUT2D eigenvalue weighted by atomic mass is 10.1. The Morgan fingerprint density at radius 3 is 0.608 bits per heavy atom. The molecule has 0 aliphatic rings. The maximum absolute atomic E-state index is 2.20. The SMILES string of the molecule is CC.CC.CC.CC.CC.CC.CC.Cc1ccc2ccccc2c1.Cc1ccc2ccccc2c1.Cc1cccc2ccccc12.Cc1cccc2ccccc12.Cc1ccccc1.Cc1ccccc1.Cc1ccccc1. The second kappa shape index (κ2) is 52.5. The standard InChI is InChI=1S/4C11H10.3C7H8.7C2H6/c2*1-9-5-4-7-10-6-2-3-8-11(9)10;2*1-9-6-7-10-4-2-3-5-11(10)8-9;3*1-7-5-3-2-4-6-7;7*1-2/h4*2-8H,1H3;3*2-6H,1H3;7*1-2H3. The van der Waals surface area contributed by atoms with Gasteiger partial charge in [0.1, 0.15) is 0 Å². The van der Waals surface area contributed by atoms with Crippen molar-refractivity contribution in [3.8, 4) is 0 Å². The number of benzene rings is 11. The summed E-state index contributed by atoms with van der Waals surface area (Å²) in [7, 11) is 0. The second-order valence-electron chi connectivity index (χ2n) is 16.3. The van der Waals surface area contributed by atoms with E-state index in [0.29, 0.717) is 0 Å². The molecule has 0 bridgehead atoms. The Labute approximate surface area is 485 Å². The van der Waals surface area contributed by atoms with Crippen LogP contribution in [0.5, 0.6) is 0 Å². The molecule has 0 saturated heterocycles. The van der Waals surface area contributed by atoms with Crippen molar-refractivity contribution in [2.24, 2.45) is 0 Å². The minimum Gasteiger partial charge on any atom is -0.0683 e. The minimum atomic E-state index is 1.32. The number of fused-ring (bicyclic) bond motifs is 4. The molecule has 11 aromatic rings. The molecule has 0 heterocycles. The summed E-state index contributed by atoms with van der Waals surface area (Å²) >= 11 is 0. The molecule has 0 atom stereocenters. The summed E-state index contributed by atoms with van der Waals surface area (Å²) < 4.78 is 0. The van der Waals surface area contributed by atoms with Crippen LogP contribution in [0, 0.1) is 48.5 Å². The van der Waals surface area contributed by atoms with Crippen LogP contribution in [-0.4, -0.2) is 0 Å². The van der Waals surface area contributed by atoms with Gasteiger partial charge in [-0.05, 0) is 103 Å². The van der Waals surface area contributed by atoms with Gasteiger partial charge in [-0.3, -0.25) is 0 Å². The fourth-order valence-corrected chi connectivity index (χ4v) is 7.00. The van der Waals surface area contributed by atoms with Gasteiger partial charge in [0.05, 0.1) is 0 Å². The lowest BCUT2D eigenvalue weighted by Gasteiger charge is -1.98. The average Bonchev–Trinajstić information content (AvgIpc) is 3.53. The lowest BCUT2D eigenvalue weighted by molar-refractivity contribution is 1.48. The summed E-state index contributed by atoms with van der Waals surface area (Å²) in [6.07, 6.45) is 0. The van der Waals surface area contributed by atoms with Crippen LogP contribution in [0.1, 0.15) is 136 Å². The monoisotopic (exact) mass is 1050 g/mol. The molecule has 0 N–H and O–H groups in total. The maximum atomic E-state index is 2.20. The highest BCUT2D eigenvalue weighted by Crippen LogP contribution is 2.19. The molecule has 0 aromatic heterocycles. The summed E-state index contributed by atoms with van der Waals surface area (Å²) in [5.41, 5.74) is 9.31. The zero-order valence-corrected chi connectivity index (χ0v) is 53.3. The largest absolute Gasteiger partial charge is 0.0683 e. The Hall–Kier alpha value is -7.54. The molecule has 0 saturated carbocycles. The van der Waals surface area contributed by atoms with Gasteiger partial charge in [-0.25, -0.2) is 0 Å². The summed E-state index contributed by atoms with van der Waals surface area (Å²) in [5, 5.41) is 10.7. The Balaban J connectivity index is -0.000000827. The van der Waals surface area contributed by atoms with Crippen LogP contribution >= 0.6 is 0 Å². The number of aryl methyl sites for hydroxylation is 7. The lowest BCUT2D eigenvalue weighted by Crippen LogP contribution is -1.75. The molecule has 11 aromatic carbocycles. The van der Waals surface area contributed by atoms with Crippen LogP contribution in [0.25, 0.3) is 43.1 Å². The number of rotatable bonds is 0. The minimum absolute atomic E-state index is 1.32. The first-order chi connectivity index (χ1) is 38.7. The van der Waals surface area contributed by atoms with Crippen molar-refractivity contribution in [1.82, 2.24) is 0 Å². The first kappa shape index (κ1) is 75.7. The summed E-state index contributed by atoms with van der Waals surface area (Å²) in [4.78, 5) is 0. The van der Waals surface area contributed by atoms with Gasteiger partial charge in [0.2, 0.25) is 0 Å². The van der Waals surface area contributed by atoms with E-state index < -0.39 is 0 Å². The van der Waals surface area contributed by atoms with Crippen molar-refractivity contribution < 1.29 is 0 Å². The zero-order chi connectivity index (χ0) is 60.1. The molecular weight excluding hydrogens is 949 g/mol. The van der Waals surface area contributed by atoms with Gasteiger partial charge < -0.3 is 0 Å². The van der Waals surface area contributed by atoms with Crippen LogP contribution in [0.15, 0.2) is 261 Å². The van der Waals surface area contributed by atoms with E-state index in [9.17, 15) is 0 Å². The first-order valence-corrected chi connectivity index (χ1v) is 29.5. The molecule has 0 aliphatic heterocycles. The predicted molar refractivity (Wildman–Crippen MR) is 368 cm³/mol. The van der Waals surface area contributed by atoms with Crippen molar-refractivity contribution in [2.75, 3.05) is 0 Å². The maximum Gasteiger partial charge on any atom is -0.0155 e. The number of hydrogen-bond acceptors (Lipinski definition) is 0. The van der Waals surface area contributed by atoms with Gasteiger partial charge >= 0.3 is 0 Å². The van der Waals surface area contributed by atoms with E-state index in [1.807, 2.05) is 152 Å². The van der Waals surface area contributed by atoms with Gasteiger partial charge in [0.25, 0.3) is 0 Å². The van der Waals surface area contributed by atoms with E-state index in [1.165, 1.54) is 82.0 Å². The van der Waals surface area contributed by atoms with E-state index in [1.54, 1.807) is 0 Å². The van der Waals surface area contributed by atoms with Crippen molar-refractivity contribution in [3.05, 3.63) is 300 Å². The van der Waals surface area contributed by atoms with Gasteiger partial charge in [0, 0.05) is 0 Å². The summed E-state index contributed by atoms with van der Waals surface area (Å²) in [5.74, 6) is 0. The van der Waals surface area contributed by atoms with Crippen LogP contribution in [-0.2, 0) is 0 Å². The van der Waals surface area contributed by atoms with E-state index in [4.69, 9.17) is 0 Å². The average molecular weight is 1060 g/mol. The van der Waals surface area contributed by atoms with Crippen LogP contribution < -0.4 is 0 Å². The third-order valence-electron chi connectivity index (χ3n) is 10.6. The molecule has 0 radical (unpaired) electrons. The number of hydrogen-bond donors (Lipinski definition) is 0. The highest BCUT2D eigenvalue weighted by atomic mass is 14.0. The third-order valence-corrected chi connectivity index (χ3v) is 10.6. The molecule has 0 nitrogen and oxygen atoms in total. The normalized spacial score (nSPS) is 8.57. The third kappa shape index (κ3) is 34.1. The summed E-state index contributed by atoms with van der Waals surface area (Å²) in [6.45, 7) is 42.8. The molecule has 0 unspecified atom stereocenters. The van der Waals surface area contributed by atoms with Gasteiger partial charge in [0.15, 0.2) is 0 Å². The Morgan fingerprint density at radius 1 is 0.152 bits per heavy atom. The molecule has 79 heavy (non-hydrogen) atoms. The van der Waals surface area contributed by atoms with E-state index in [-0.39, 0.29) is 0 Å². The quantitative estimate of drug-likeness (QED) is 0.142. The Morgan fingerprint density at radius 2 is 0.367 bits per heavy atom. The molecule has 0 fully saturated rings. The second-order valence-corrected chi connectivity index (χ2v) is 16.3.